The summed E-state index contributed by atoms with van der Waals surface area (Å²) in [6.07, 6.45) is 0. The Morgan fingerprint density at radius 2 is 1.53 bits per heavy atom. The molecule has 2 aromatic carbocycles. The first-order chi connectivity index (χ1) is 8.40. The van der Waals surface area contributed by atoms with Crippen molar-refractivity contribution in [3.05, 3.63) is 71.8 Å². The summed E-state index contributed by atoms with van der Waals surface area (Å²) >= 11 is 0. The first-order valence-corrected chi connectivity index (χ1v) is 5.58. The van der Waals surface area contributed by atoms with Crippen LogP contribution in [0.5, 0.6) is 0 Å². The Morgan fingerprint density at radius 3 is 2.12 bits per heavy atom. The van der Waals surface area contributed by atoms with Crippen molar-refractivity contribution >= 4 is 5.90 Å². The average Bonchev–Trinajstić information content (AvgIpc) is 2.42. The fraction of sp³-hybridized carbons (Fsp3) is 0.133. The zero-order valence-electron chi connectivity index (χ0n) is 9.84. The van der Waals surface area contributed by atoms with Gasteiger partial charge in [-0.25, -0.2) is 4.99 Å². The second kappa shape index (κ2) is 5.85. The van der Waals surface area contributed by atoms with E-state index in [2.05, 4.69) is 17.1 Å². The Balaban J connectivity index is 2.14. The second-order valence-corrected chi connectivity index (χ2v) is 3.68. The minimum absolute atomic E-state index is 0.638. The van der Waals surface area contributed by atoms with Crippen LogP contribution in [0.15, 0.2) is 65.7 Å². The molecule has 0 heterocycles. The van der Waals surface area contributed by atoms with Gasteiger partial charge in [0.2, 0.25) is 5.90 Å². The topological polar surface area (TPSA) is 21.6 Å². The lowest BCUT2D eigenvalue weighted by molar-refractivity contribution is 0.402. The van der Waals surface area contributed by atoms with E-state index in [-0.39, 0.29) is 0 Å². The van der Waals surface area contributed by atoms with E-state index < -0.39 is 0 Å². The minimum atomic E-state index is 0.638. The van der Waals surface area contributed by atoms with E-state index in [0.717, 1.165) is 5.56 Å². The lowest BCUT2D eigenvalue weighted by Gasteiger charge is -2.05. The molecule has 2 aromatic rings. The maximum atomic E-state index is 5.31. The number of hydrogen-bond donors (Lipinski definition) is 0. The maximum absolute atomic E-state index is 5.31. The van der Waals surface area contributed by atoms with Gasteiger partial charge in [0.1, 0.15) is 0 Å². The molecule has 0 aromatic heterocycles. The van der Waals surface area contributed by atoms with E-state index in [1.165, 1.54) is 5.56 Å². The van der Waals surface area contributed by atoms with Crippen LogP contribution < -0.4 is 0 Å². The Kier molecular flexibility index (Phi) is 3.92. The van der Waals surface area contributed by atoms with Gasteiger partial charge in [0.05, 0.1) is 13.7 Å². The predicted molar refractivity (Wildman–Crippen MR) is 70.1 cm³/mol. The van der Waals surface area contributed by atoms with E-state index in [1.807, 2.05) is 48.5 Å². The Bertz CT molecular complexity index is 477. The van der Waals surface area contributed by atoms with Crippen LogP contribution in [0.1, 0.15) is 11.1 Å². The molecule has 0 aliphatic carbocycles. The van der Waals surface area contributed by atoms with Crippen molar-refractivity contribution < 1.29 is 4.74 Å². The van der Waals surface area contributed by atoms with Crippen molar-refractivity contribution in [2.75, 3.05) is 7.11 Å². The van der Waals surface area contributed by atoms with Gasteiger partial charge in [-0.2, -0.15) is 0 Å². The zero-order valence-corrected chi connectivity index (χ0v) is 9.84. The molecule has 0 saturated heterocycles. The van der Waals surface area contributed by atoms with Crippen molar-refractivity contribution in [3.8, 4) is 0 Å². The maximum Gasteiger partial charge on any atom is 0.216 e. The molecule has 2 rings (SSSR count). The molecule has 0 spiro atoms. The summed E-state index contributed by atoms with van der Waals surface area (Å²) in [4.78, 5) is 4.48. The summed E-state index contributed by atoms with van der Waals surface area (Å²) in [6, 6.07) is 20.1. The highest BCUT2D eigenvalue weighted by molar-refractivity contribution is 5.93. The molecule has 0 radical (unpaired) electrons. The number of methoxy groups -OCH3 is 1. The zero-order chi connectivity index (χ0) is 11.9. The van der Waals surface area contributed by atoms with Gasteiger partial charge in [0.25, 0.3) is 0 Å². The number of hydrogen-bond acceptors (Lipinski definition) is 2. The number of nitrogens with zero attached hydrogens (tertiary/aromatic N) is 1. The van der Waals surface area contributed by atoms with Crippen LogP contribution in [-0.4, -0.2) is 13.0 Å². The normalized spacial score (nSPS) is 11.2. The molecule has 2 heteroatoms. The van der Waals surface area contributed by atoms with Gasteiger partial charge in [-0.15, -0.1) is 0 Å². The van der Waals surface area contributed by atoms with Crippen LogP contribution in [0.3, 0.4) is 0 Å². The van der Waals surface area contributed by atoms with Crippen LogP contribution in [0.4, 0.5) is 0 Å². The molecule has 0 bridgehead atoms. The number of rotatable bonds is 3. The Morgan fingerprint density at radius 1 is 0.941 bits per heavy atom. The van der Waals surface area contributed by atoms with Crippen molar-refractivity contribution in [2.45, 2.75) is 6.54 Å². The molecule has 86 valence electrons. The molecule has 0 N–H and O–H groups in total. The monoisotopic (exact) mass is 225 g/mol. The van der Waals surface area contributed by atoms with Crippen molar-refractivity contribution in [1.29, 1.82) is 0 Å². The van der Waals surface area contributed by atoms with Crippen LogP contribution in [0.2, 0.25) is 0 Å². The fourth-order valence-corrected chi connectivity index (χ4v) is 1.60. The third-order valence-electron chi connectivity index (χ3n) is 2.46. The summed E-state index contributed by atoms with van der Waals surface area (Å²) < 4.78 is 5.31. The van der Waals surface area contributed by atoms with E-state index in [4.69, 9.17) is 4.74 Å². The molecule has 0 amide bonds. The summed E-state index contributed by atoms with van der Waals surface area (Å²) in [7, 11) is 1.65. The first kappa shape index (κ1) is 11.4. The van der Waals surface area contributed by atoms with Gasteiger partial charge in [-0.05, 0) is 17.7 Å². The van der Waals surface area contributed by atoms with Crippen LogP contribution >= 0.6 is 0 Å². The summed E-state index contributed by atoms with van der Waals surface area (Å²) in [5.74, 6) is 0.675. The smallest absolute Gasteiger partial charge is 0.216 e. The second-order valence-electron chi connectivity index (χ2n) is 3.68. The highest BCUT2D eigenvalue weighted by Gasteiger charge is 2.01. The molecular weight excluding hydrogens is 210 g/mol. The van der Waals surface area contributed by atoms with E-state index in [0.29, 0.717) is 12.4 Å². The van der Waals surface area contributed by atoms with Gasteiger partial charge < -0.3 is 4.74 Å². The largest absolute Gasteiger partial charge is 0.481 e. The fourth-order valence-electron chi connectivity index (χ4n) is 1.60. The molecule has 2 nitrogen and oxygen atoms in total. The van der Waals surface area contributed by atoms with Gasteiger partial charge >= 0.3 is 0 Å². The summed E-state index contributed by atoms with van der Waals surface area (Å²) in [5, 5.41) is 0. The van der Waals surface area contributed by atoms with Gasteiger partial charge in [0, 0.05) is 5.56 Å². The molecule has 0 saturated carbocycles. The van der Waals surface area contributed by atoms with Crippen LogP contribution in [-0.2, 0) is 11.3 Å². The lowest BCUT2D eigenvalue weighted by atomic mass is 10.2. The molecule has 0 aliphatic heterocycles. The molecular formula is C15H15NO. The third kappa shape index (κ3) is 3.18. The van der Waals surface area contributed by atoms with Gasteiger partial charge in [-0.3, -0.25) is 0 Å². The van der Waals surface area contributed by atoms with E-state index >= 15 is 0 Å². The van der Waals surface area contributed by atoms with Gasteiger partial charge in [-0.1, -0.05) is 48.5 Å². The standard InChI is InChI=1S/C15H15NO/c1-17-15(14-10-6-3-7-11-14)16-12-13-8-4-2-5-9-13/h2-11H,12H2,1H3. The SMILES string of the molecule is COC(=NCc1ccccc1)c1ccccc1. The predicted octanol–water partition coefficient (Wildman–Crippen LogP) is 3.28. The number of ether oxygens (including phenoxy) is 1. The highest BCUT2D eigenvalue weighted by Crippen LogP contribution is 2.05. The Labute approximate surface area is 102 Å². The number of benzene rings is 2. The molecule has 0 aliphatic rings. The molecule has 0 fully saturated rings. The minimum Gasteiger partial charge on any atom is -0.481 e. The summed E-state index contributed by atoms with van der Waals surface area (Å²) in [6.45, 7) is 0.638. The van der Waals surface area contributed by atoms with Crippen molar-refractivity contribution in [1.82, 2.24) is 0 Å². The quantitative estimate of drug-likeness (QED) is 0.580. The molecule has 0 unspecified atom stereocenters. The third-order valence-corrected chi connectivity index (χ3v) is 2.46. The summed E-state index contributed by atoms with van der Waals surface area (Å²) in [5.41, 5.74) is 2.18. The van der Waals surface area contributed by atoms with E-state index in [9.17, 15) is 0 Å². The average molecular weight is 225 g/mol. The van der Waals surface area contributed by atoms with E-state index in [1.54, 1.807) is 7.11 Å². The van der Waals surface area contributed by atoms with Gasteiger partial charge in [0.15, 0.2) is 0 Å². The first-order valence-electron chi connectivity index (χ1n) is 5.58. The van der Waals surface area contributed by atoms with Crippen LogP contribution in [0.25, 0.3) is 0 Å². The molecule has 17 heavy (non-hydrogen) atoms. The lowest BCUT2D eigenvalue weighted by Crippen LogP contribution is -2.03. The molecule has 0 atom stereocenters. The number of aliphatic imine (C=N–C) groups is 1. The Hall–Kier alpha value is -2.09. The van der Waals surface area contributed by atoms with Crippen LogP contribution in [0, 0.1) is 0 Å². The highest BCUT2D eigenvalue weighted by atomic mass is 16.5. The van der Waals surface area contributed by atoms with Crippen molar-refractivity contribution in [3.63, 3.8) is 0 Å². The van der Waals surface area contributed by atoms with Crippen molar-refractivity contribution in [2.24, 2.45) is 4.99 Å².